The van der Waals surface area contributed by atoms with Gasteiger partial charge in [0.25, 0.3) is 0 Å². The van der Waals surface area contributed by atoms with Crippen molar-refractivity contribution in [2.45, 2.75) is 12.5 Å². The summed E-state index contributed by atoms with van der Waals surface area (Å²) in [4.78, 5) is 34.9. The molecule has 0 aliphatic heterocycles. The molecule has 0 saturated heterocycles. The molecule has 21 heavy (non-hydrogen) atoms. The molecule has 8 heteroatoms. The van der Waals surface area contributed by atoms with Gasteiger partial charge in [0.15, 0.2) is 0 Å². The van der Waals surface area contributed by atoms with Crippen LogP contribution in [0.5, 0.6) is 5.75 Å². The molecule has 0 aliphatic rings. The number of benzene rings is 1. The molecular formula is C13H18N4O4. The third-order valence-corrected chi connectivity index (χ3v) is 2.71. The number of carbonyl (C=O) groups excluding carboxylic acids is 3. The summed E-state index contributed by atoms with van der Waals surface area (Å²) >= 11 is 0. The molecule has 8 nitrogen and oxygen atoms in total. The smallest absolute Gasteiger partial charge is 0.240 e. The van der Waals surface area contributed by atoms with E-state index in [1.807, 2.05) is 0 Å². The summed E-state index contributed by atoms with van der Waals surface area (Å²) in [7, 11) is 0. The van der Waals surface area contributed by atoms with Crippen LogP contribution in [0.2, 0.25) is 0 Å². The van der Waals surface area contributed by atoms with Gasteiger partial charge in [0.1, 0.15) is 5.75 Å². The molecule has 0 spiro atoms. The highest BCUT2D eigenvalue weighted by molar-refractivity contribution is 5.90. The van der Waals surface area contributed by atoms with Crippen molar-refractivity contribution >= 4 is 17.7 Å². The Morgan fingerprint density at radius 1 is 1.05 bits per heavy atom. The molecule has 7 N–H and O–H groups in total. The van der Waals surface area contributed by atoms with Crippen molar-refractivity contribution in [2.75, 3.05) is 13.1 Å². The van der Waals surface area contributed by atoms with Gasteiger partial charge in [-0.05, 0) is 24.1 Å². The summed E-state index contributed by atoms with van der Waals surface area (Å²) in [6.07, 6.45) is 0.188. The highest BCUT2D eigenvalue weighted by atomic mass is 16.3. The van der Waals surface area contributed by atoms with E-state index in [2.05, 4.69) is 0 Å². The molecule has 1 aromatic carbocycles. The Morgan fingerprint density at radius 3 is 1.95 bits per heavy atom. The van der Waals surface area contributed by atoms with Crippen LogP contribution in [0.15, 0.2) is 24.3 Å². The minimum atomic E-state index is -0.951. The highest BCUT2D eigenvalue weighted by Gasteiger charge is 2.23. The fourth-order valence-corrected chi connectivity index (χ4v) is 1.80. The number of carbonyl (C=O) groups is 3. The number of aromatic hydroxyl groups is 1. The SMILES string of the molecule is NC(=O)CN(CC(N)=O)C(=O)C(N)Cc1ccc(O)cc1. The minimum Gasteiger partial charge on any atom is -0.508 e. The van der Waals surface area contributed by atoms with Crippen molar-refractivity contribution < 1.29 is 19.5 Å². The van der Waals surface area contributed by atoms with E-state index in [-0.39, 0.29) is 12.2 Å². The average molecular weight is 294 g/mol. The van der Waals surface area contributed by atoms with Crippen molar-refractivity contribution in [3.8, 4) is 5.75 Å². The molecule has 1 unspecified atom stereocenters. The summed E-state index contributed by atoms with van der Waals surface area (Å²) in [5.74, 6) is -2.02. The number of nitrogens with zero attached hydrogens (tertiary/aromatic N) is 1. The second-order valence-corrected chi connectivity index (χ2v) is 4.60. The summed E-state index contributed by atoms with van der Waals surface area (Å²) < 4.78 is 0. The normalized spacial score (nSPS) is 11.7. The van der Waals surface area contributed by atoms with Gasteiger partial charge in [-0.25, -0.2) is 0 Å². The van der Waals surface area contributed by atoms with E-state index >= 15 is 0 Å². The number of amides is 3. The van der Waals surface area contributed by atoms with Crippen LogP contribution in [0.1, 0.15) is 5.56 Å². The van der Waals surface area contributed by atoms with Gasteiger partial charge in [-0.1, -0.05) is 12.1 Å². The predicted octanol–water partition coefficient (Wildman–Crippen LogP) is -1.94. The maximum Gasteiger partial charge on any atom is 0.240 e. The van der Waals surface area contributed by atoms with Crippen molar-refractivity contribution in [1.29, 1.82) is 0 Å². The van der Waals surface area contributed by atoms with Gasteiger partial charge in [0, 0.05) is 0 Å². The first kappa shape index (κ1) is 16.4. The van der Waals surface area contributed by atoms with Crippen LogP contribution in [0.25, 0.3) is 0 Å². The Morgan fingerprint density at radius 2 is 1.52 bits per heavy atom. The highest BCUT2D eigenvalue weighted by Crippen LogP contribution is 2.11. The average Bonchev–Trinajstić information content (AvgIpc) is 2.38. The Hall–Kier alpha value is -2.61. The predicted molar refractivity (Wildman–Crippen MR) is 74.8 cm³/mol. The van der Waals surface area contributed by atoms with Crippen molar-refractivity contribution in [3.05, 3.63) is 29.8 Å². The third-order valence-electron chi connectivity index (χ3n) is 2.71. The molecule has 0 radical (unpaired) electrons. The first-order valence-electron chi connectivity index (χ1n) is 6.18. The lowest BCUT2D eigenvalue weighted by Crippen LogP contribution is -2.50. The largest absolute Gasteiger partial charge is 0.508 e. The Kier molecular flexibility index (Phi) is 5.67. The molecule has 0 heterocycles. The van der Waals surface area contributed by atoms with Crippen LogP contribution in [0, 0.1) is 0 Å². The first-order chi connectivity index (χ1) is 9.79. The van der Waals surface area contributed by atoms with Crippen molar-refractivity contribution in [1.82, 2.24) is 4.90 Å². The van der Waals surface area contributed by atoms with E-state index in [1.165, 1.54) is 12.1 Å². The zero-order valence-electron chi connectivity index (χ0n) is 11.4. The van der Waals surface area contributed by atoms with Gasteiger partial charge in [-0.3, -0.25) is 14.4 Å². The fraction of sp³-hybridized carbons (Fsp3) is 0.308. The first-order valence-corrected chi connectivity index (χ1v) is 6.18. The minimum absolute atomic E-state index is 0.0998. The number of nitrogens with two attached hydrogens (primary N) is 3. The maximum atomic E-state index is 12.1. The van der Waals surface area contributed by atoms with Gasteiger partial charge in [0.2, 0.25) is 17.7 Å². The van der Waals surface area contributed by atoms with Crippen LogP contribution in [-0.4, -0.2) is 46.9 Å². The second kappa shape index (κ2) is 7.25. The molecule has 1 atom stereocenters. The lowest BCUT2D eigenvalue weighted by Gasteiger charge is -2.23. The van der Waals surface area contributed by atoms with E-state index in [4.69, 9.17) is 17.2 Å². The summed E-state index contributed by atoms with van der Waals surface area (Å²) in [5, 5.41) is 9.18. The molecule has 0 aliphatic carbocycles. The molecule has 0 bridgehead atoms. The summed E-state index contributed by atoms with van der Waals surface area (Å²) in [6, 6.07) is 5.23. The molecule has 1 rings (SSSR count). The Balaban J connectivity index is 2.74. The van der Waals surface area contributed by atoms with Gasteiger partial charge >= 0.3 is 0 Å². The number of phenolic OH excluding ortho intramolecular Hbond substituents is 1. The number of rotatable bonds is 7. The quantitative estimate of drug-likeness (QED) is 0.461. The van der Waals surface area contributed by atoms with E-state index in [1.54, 1.807) is 12.1 Å². The molecule has 1 aromatic rings. The maximum absolute atomic E-state index is 12.1. The standard InChI is InChI=1S/C13H18N4O4/c14-10(5-8-1-3-9(18)4-2-8)13(21)17(6-11(15)19)7-12(16)20/h1-4,10,18H,5-7,14H2,(H2,15,19)(H2,16,20). The van der Waals surface area contributed by atoms with Crippen LogP contribution in [-0.2, 0) is 20.8 Å². The molecular weight excluding hydrogens is 276 g/mol. The fourth-order valence-electron chi connectivity index (χ4n) is 1.80. The Labute approximate surface area is 121 Å². The van der Waals surface area contributed by atoms with Gasteiger partial charge in [-0.15, -0.1) is 0 Å². The van der Waals surface area contributed by atoms with Crippen molar-refractivity contribution in [3.63, 3.8) is 0 Å². The second-order valence-electron chi connectivity index (χ2n) is 4.60. The van der Waals surface area contributed by atoms with Crippen LogP contribution < -0.4 is 17.2 Å². The van der Waals surface area contributed by atoms with E-state index < -0.39 is 36.9 Å². The topological polar surface area (TPSA) is 153 Å². The van der Waals surface area contributed by atoms with Crippen LogP contribution in [0.3, 0.4) is 0 Å². The number of primary amides is 2. The number of hydrogen-bond acceptors (Lipinski definition) is 5. The zero-order valence-corrected chi connectivity index (χ0v) is 11.4. The summed E-state index contributed by atoms with van der Waals surface area (Å²) in [5.41, 5.74) is 16.6. The molecule has 0 saturated carbocycles. The molecule has 0 fully saturated rings. The van der Waals surface area contributed by atoms with E-state index in [0.717, 1.165) is 10.5 Å². The third kappa shape index (κ3) is 5.49. The monoisotopic (exact) mass is 294 g/mol. The van der Waals surface area contributed by atoms with Gasteiger partial charge < -0.3 is 27.2 Å². The number of phenols is 1. The summed E-state index contributed by atoms with van der Waals surface area (Å²) in [6.45, 7) is -0.851. The van der Waals surface area contributed by atoms with Crippen LogP contribution >= 0.6 is 0 Å². The molecule has 114 valence electrons. The number of hydrogen-bond donors (Lipinski definition) is 4. The van der Waals surface area contributed by atoms with Crippen LogP contribution in [0.4, 0.5) is 0 Å². The zero-order chi connectivity index (χ0) is 16.0. The van der Waals surface area contributed by atoms with Gasteiger partial charge in [-0.2, -0.15) is 0 Å². The van der Waals surface area contributed by atoms with E-state index in [9.17, 15) is 19.5 Å². The Bertz CT molecular complexity index is 513. The van der Waals surface area contributed by atoms with Gasteiger partial charge in [0.05, 0.1) is 19.1 Å². The van der Waals surface area contributed by atoms with Crippen molar-refractivity contribution in [2.24, 2.45) is 17.2 Å². The lowest BCUT2D eigenvalue weighted by molar-refractivity contribution is -0.139. The lowest BCUT2D eigenvalue weighted by atomic mass is 10.1. The molecule has 3 amide bonds. The van der Waals surface area contributed by atoms with E-state index in [0.29, 0.717) is 0 Å². The molecule has 0 aromatic heterocycles.